The Kier molecular flexibility index (Phi) is 5.86. The zero-order valence-corrected chi connectivity index (χ0v) is 18.5. The van der Waals surface area contributed by atoms with E-state index in [0.717, 1.165) is 0 Å². The van der Waals surface area contributed by atoms with Crippen molar-refractivity contribution in [3.05, 3.63) is 34.4 Å². The Bertz CT molecular complexity index is 1070. The molecule has 9 nitrogen and oxygen atoms in total. The normalized spacial score (nSPS) is 21.6. The summed E-state index contributed by atoms with van der Waals surface area (Å²) in [6.07, 6.45) is 1.83. The maximum absolute atomic E-state index is 12.2. The Morgan fingerprint density at radius 2 is 2.06 bits per heavy atom. The molecule has 1 aliphatic carbocycles. The number of aromatic hydroxyl groups is 1. The third-order valence-electron chi connectivity index (χ3n) is 5.20. The van der Waals surface area contributed by atoms with Gasteiger partial charge in [0.2, 0.25) is 17.4 Å². The van der Waals surface area contributed by atoms with Crippen molar-refractivity contribution < 1.29 is 33.7 Å². The Balaban J connectivity index is 2.16. The number of ketones is 1. The maximum atomic E-state index is 12.2. The van der Waals surface area contributed by atoms with Gasteiger partial charge in [0.1, 0.15) is 17.1 Å². The van der Waals surface area contributed by atoms with Gasteiger partial charge in [0, 0.05) is 24.0 Å². The Labute approximate surface area is 183 Å². The Hall–Kier alpha value is -2.91. The molecule has 0 spiro atoms. The number of hydrogen-bond acceptors (Lipinski definition) is 9. The molecule has 2 atom stereocenters. The quantitative estimate of drug-likeness (QED) is 0.637. The molecule has 0 fully saturated rings. The fraction of sp³-hybridized carbons (Fsp3) is 0.429. The van der Waals surface area contributed by atoms with Crippen LogP contribution in [0.5, 0.6) is 11.5 Å². The molecular weight excluding hydrogens is 428 g/mol. The number of phenols is 1. The summed E-state index contributed by atoms with van der Waals surface area (Å²) in [5, 5.41) is 28.3. The molecule has 3 rings (SSSR count). The van der Waals surface area contributed by atoms with Gasteiger partial charge in [0.05, 0.1) is 17.7 Å². The molecule has 1 aromatic heterocycles. The molecule has 1 aromatic carbocycles. The highest BCUT2D eigenvalue weighted by Gasteiger charge is 2.48. The van der Waals surface area contributed by atoms with Crippen molar-refractivity contribution >= 4 is 23.7 Å². The second kappa shape index (κ2) is 7.97. The fourth-order valence-corrected chi connectivity index (χ4v) is 3.63. The summed E-state index contributed by atoms with van der Waals surface area (Å²) in [5.74, 6) is -1.03. The van der Waals surface area contributed by atoms with E-state index in [-0.39, 0.29) is 57.4 Å². The topological polar surface area (TPSA) is 132 Å². The number of carbonyl (C=O) groups excluding carboxylic acids is 2. The van der Waals surface area contributed by atoms with Crippen molar-refractivity contribution in [2.45, 2.75) is 45.3 Å². The molecule has 2 N–H and O–H groups in total. The summed E-state index contributed by atoms with van der Waals surface area (Å²) < 4.78 is 16.9. The second-order valence-corrected chi connectivity index (χ2v) is 8.36. The van der Waals surface area contributed by atoms with Crippen LogP contribution in [0.4, 0.5) is 0 Å². The molecule has 1 aliphatic rings. The number of nitrogens with zero attached hydrogens (tertiary/aromatic N) is 2. The molecule has 0 saturated heterocycles. The van der Waals surface area contributed by atoms with E-state index in [2.05, 4.69) is 10.2 Å². The molecule has 0 unspecified atom stereocenters. The lowest BCUT2D eigenvalue weighted by molar-refractivity contribution is -0.130. The number of aliphatic hydroxyl groups is 1. The number of benzene rings is 1. The van der Waals surface area contributed by atoms with Gasteiger partial charge in [-0.2, -0.15) is 0 Å². The zero-order chi connectivity index (χ0) is 23.1. The molecule has 2 aromatic rings. The highest BCUT2D eigenvalue weighted by atomic mass is 35.5. The van der Waals surface area contributed by atoms with Crippen LogP contribution in [0.2, 0.25) is 5.02 Å². The van der Waals surface area contributed by atoms with E-state index in [1.165, 1.54) is 33.1 Å². The second-order valence-electron chi connectivity index (χ2n) is 7.98. The number of rotatable bonds is 6. The highest BCUT2D eigenvalue weighted by molar-refractivity contribution is 6.35. The number of carbonyl (C=O) groups is 2. The largest absolute Gasteiger partial charge is 0.508 e. The van der Waals surface area contributed by atoms with Crippen molar-refractivity contribution in [1.82, 2.24) is 10.2 Å². The van der Waals surface area contributed by atoms with Gasteiger partial charge < -0.3 is 24.1 Å². The number of aldehydes is 1. The summed E-state index contributed by atoms with van der Waals surface area (Å²) >= 11 is 6.58. The SMILES string of the molecule is COC1=CC(=O)C[C@@H](C)[C@]1(C=O)Oc1c(C)c(O)cc(-c2nnc(C(C)(C)O)o2)c1Cl. The average molecular weight is 451 g/mol. The van der Waals surface area contributed by atoms with Crippen molar-refractivity contribution in [1.29, 1.82) is 0 Å². The van der Waals surface area contributed by atoms with Crippen molar-refractivity contribution in [2.75, 3.05) is 7.11 Å². The smallest absolute Gasteiger partial charge is 0.249 e. The Morgan fingerprint density at radius 3 is 2.61 bits per heavy atom. The van der Waals surface area contributed by atoms with Crippen LogP contribution in [-0.2, 0) is 19.9 Å². The summed E-state index contributed by atoms with van der Waals surface area (Å²) in [4.78, 5) is 24.2. The third-order valence-corrected chi connectivity index (χ3v) is 5.58. The number of methoxy groups -OCH3 is 1. The van der Waals surface area contributed by atoms with Gasteiger partial charge >= 0.3 is 0 Å². The summed E-state index contributed by atoms with van der Waals surface area (Å²) in [7, 11) is 1.33. The van der Waals surface area contributed by atoms with Gasteiger partial charge in [-0.1, -0.05) is 18.5 Å². The minimum Gasteiger partial charge on any atom is -0.508 e. The van der Waals surface area contributed by atoms with Crippen LogP contribution in [0.3, 0.4) is 0 Å². The number of ether oxygens (including phenoxy) is 2. The maximum Gasteiger partial charge on any atom is 0.249 e. The third kappa shape index (κ3) is 3.90. The van der Waals surface area contributed by atoms with Gasteiger partial charge in [-0.25, -0.2) is 0 Å². The van der Waals surface area contributed by atoms with Gasteiger partial charge in [-0.3, -0.25) is 9.59 Å². The molecule has 1 heterocycles. The van der Waals surface area contributed by atoms with Gasteiger partial charge in [0.15, 0.2) is 17.8 Å². The molecule has 0 bridgehead atoms. The average Bonchev–Trinajstić information content (AvgIpc) is 3.19. The van der Waals surface area contributed by atoms with Crippen LogP contribution in [0, 0.1) is 12.8 Å². The number of aromatic nitrogens is 2. The highest BCUT2D eigenvalue weighted by Crippen LogP contribution is 2.46. The molecule has 0 aliphatic heterocycles. The van der Waals surface area contributed by atoms with Crippen molar-refractivity contribution in [3.63, 3.8) is 0 Å². The van der Waals surface area contributed by atoms with Crippen LogP contribution in [0.15, 0.2) is 22.3 Å². The van der Waals surface area contributed by atoms with E-state index in [1.807, 2.05) is 0 Å². The summed E-state index contributed by atoms with van der Waals surface area (Å²) in [6.45, 7) is 6.19. The van der Waals surface area contributed by atoms with E-state index in [0.29, 0.717) is 6.29 Å². The first-order chi connectivity index (χ1) is 14.4. The monoisotopic (exact) mass is 450 g/mol. The first-order valence-corrected chi connectivity index (χ1v) is 9.85. The molecule has 0 radical (unpaired) electrons. The summed E-state index contributed by atoms with van der Waals surface area (Å²) in [6, 6.07) is 1.32. The lowest BCUT2D eigenvalue weighted by Crippen LogP contribution is -2.50. The molecule has 10 heteroatoms. The zero-order valence-electron chi connectivity index (χ0n) is 17.7. The number of allylic oxidation sites excluding steroid dienone is 1. The lowest BCUT2D eigenvalue weighted by Gasteiger charge is -2.38. The predicted octanol–water partition coefficient (Wildman–Crippen LogP) is 3.09. The molecule has 0 saturated carbocycles. The Morgan fingerprint density at radius 1 is 1.39 bits per heavy atom. The van der Waals surface area contributed by atoms with Crippen LogP contribution in [0.1, 0.15) is 38.6 Å². The van der Waals surface area contributed by atoms with E-state index in [1.54, 1.807) is 13.8 Å². The number of halogens is 1. The van der Waals surface area contributed by atoms with Gasteiger partial charge in [-0.15, -0.1) is 10.2 Å². The molecule has 166 valence electrons. The van der Waals surface area contributed by atoms with Crippen molar-refractivity contribution in [3.8, 4) is 23.0 Å². The molecule has 31 heavy (non-hydrogen) atoms. The van der Waals surface area contributed by atoms with E-state index in [4.69, 9.17) is 25.5 Å². The predicted molar refractivity (Wildman–Crippen MR) is 110 cm³/mol. The summed E-state index contributed by atoms with van der Waals surface area (Å²) in [5.41, 5.74) is -2.61. The van der Waals surface area contributed by atoms with Crippen molar-refractivity contribution in [2.24, 2.45) is 5.92 Å². The minimum absolute atomic E-state index is 0.00187. The first-order valence-electron chi connectivity index (χ1n) is 9.47. The number of phenolic OH excluding ortho intramolecular Hbond substituents is 1. The van der Waals surface area contributed by atoms with Crippen LogP contribution < -0.4 is 4.74 Å². The van der Waals surface area contributed by atoms with Gasteiger partial charge in [-0.05, 0) is 26.8 Å². The van der Waals surface area contributed by atoms with E-state index >= 15 is 0 Å². The fourth-order valence-electron chi connectivity index (χ4n) is 3.32. The van der Waals surface area contributed by atoms with Crippen LogP contribution in [-0.4, -0.2) is 45.2 Å². The molecule has 0 amide bonds. The first kappa shape index (κ1) is 22.8. The minimum atomic E-state index is -1.63. The number of hydrogen-bond donors (Lipinski definition) is 2. The standard InChI is InChI=1S/C21H23ClN2O7/c1-10-6-12(26)7-15(29-5)21(10,9-25)31-17-11(2)14(27)8-13(16(17)22)18-23-24-19(30-18)20(3,4)28/h7-10,27-28H,6H2,1-5H3/t10-,21+/m1/s1. The van der Waals surface area contributed by atoms with Crippen LogP contribution in [0.25, 0.3) is 11.5 Å². The lowest BCUT2D eigenvalue weighted by atomic mass is 9.79. The van der Waals surface area contributed by atoms with Gasteiger partial charge in [0.25, 0.3) is 0 Å². The van der Waals surface area contributed by atoms with E-state index < -0.39 is 17.1 Å². The van der Waals surface area contributed by atoms with E-state index in [9.17, 15) is 19.8 Å². The molecular formula is C21H23ClN2O7. The van der Waals surface area contributed by atoms with Crippen LogP contribution >= 0.6 is 11.6 Å².